The number of aryl methyl sites for hydroxylation is 2. The zero-order valence-corrected chi connectivity index (χ0v) is 19.5. The fourth-order valence-electron chi connectivity index (χ4n) is 5.17. The summed E-state index contributed by atoms with van der Waals surface area (Å²) in [5, 5.41) is 4.89. The van der Waals surface area contributed by atoms with E-state index >= 15 is 0 Å². The van der Waals surface area contributed by atoms with Crippen molar-refractivity contribution in [3.05, 3.63) is 70.8 Å². The van der Waals surface area contributed by atoms with E-state index in [4.69, 9.17) is 10.1 Å². The summed E-state index contributed by atoms with van der Waals surface area (Å²) in [6.45, 7) is 6.33. The normalized spacial score (nSPS) is 18.4. The summed E-state index contributed by atoms with van der Waals surface area (Å²) in [4.78, 5) is 34.6. The molecule has 0 bridgehead atoms. The number of carbonyl (C=O) groups is 1. The molecule has 0 aliphatic carbocycles. The molecule has 1 atom stereocenters. The van der Waals surface area contributed by atoms with Gasteiger partial charge in [-0.15, -0.1) is 0 Å². The van der Waals surface area contributed by atoms with Gasteiger partial charge in [-0.3, -0.25) is 4.79 Å². The molecule has 0 spiro atoms. The fourth-order valence-corrected chi connectivity index (χ4v) is 5.17. The standard InChI is InChI=1S/C25H28N8O/c1-16-7-6-11-33-21(16)13-20(30-33)23-22-19(27-15-28-22)8-12-32(23)25-26-14-18(17(2)29-25)24(34)31-9-4-3-5-10-31/h6-7,11,13-15,23H,3-5,8-10,12H2,1-2H3,(H,27,28). The van der Waals surface area contributed by atoms with E-state index in [-0.39, 0.29) is 11.9 Å². The first kappa shape index (κ1) is 20.8. The van der Waals surface area contributed by atoms with Crippen molar-refractivity contribution in [1.29, 1.82) is 0 Å². The van der Waals surface area contributed by atoms with Crippen LogP contribution in [0.25, 0.3) is 5.52 Å². The largest absolute Gasteiger partial charge is 0.348 e. The van der Waals surface area contributed by atoms with E-state index in [1.165, 1.54) is 12.0 Å². The number of anilines is 1. The Morgan fingerprint density at radius 1 is 1.12 bits per heavy atom. The number of aromatic nitrogens is 6. The number of nitrogens with zero attached hydrogens (tertiary/aromatic N) is 7. The van der Waals surface area contributed by atoms with E-state index in [9.17, 15) is 4.79 Å². The van der Waals surface area contributed by atoms with Crippen LogP contribution in [0.2, 0.25) is 0 Å². The highest BCUT2D eigenvalue weighted by molar-refractivity contribution is 5.95. The summed E-state index contributed by atoms with van der Waals surface area (Å²) in [6, 6.07) is 6.00. The summed E-state index contributed by atoms with van der Waals surface area (Å²) in [5.74, 6) is 0.629. The molecule has 1 saturated heterocycles. The van der Waals surface area contributed by atoms with Gasteiger partial charge in [-0.2, -0.15) is 5.10 Å². The average Bonchev–Trinajstić information content (AvgIpc) is 3.51. The molecule has 0 saturated carbocycles. The molecule has 4 aromatic rings. The van der Waals surface area contributed by atoms with Gasteiger partial charge in [0.15, 0.2) is 0 Å². The highest BCUT2D eigenvalue weighted by atomic mass is 16.2. The third-order valence-electron chi connectivity index (χ3n) is 7.03. The van der Waals surface area contributed by atoms with E-state index < -0.39 is 0 Å². The first-order valence-corrected chi connectivity index (χ1v) is 12.0. The van der Waals surface area contributed by atoms with Gasteiger partial charge in [0.1, 0.15) is 6.04 Å². The summed E-state index contributed by atoms with van der Waals surface area (Å²) in [6.07, 6.45) is 9.52. The van der Waals surface area contributed by atoms with Gasteiger partial charge in [0.2, 0.25) is 5.95 Å². The van der Waals surface area contributed by atoms with Crippen LogP contribution in [-0.4, -0.2) is 60.0 Å². The van der Waals surface area contributed by atoms with Gasteiger partial charge in [0.25, 0.3) is 5.91 Å². The predicted octanol–water partition coefficient (Wildman–Crippen LogP) is 3.24. The number of carbonyl (C=O) groups excluding carboxylic acids is 1. The smallest absolute Gasteiger partial charge is 0.257 e. The number of aromatic amines is 1. The number of imidazole rings is 1. The molecular weight excluding hydrogens is 428 g/mol. The Balaban J connectivity index is 1.38. The van der Waals surface area contributed by atoms with E-state index in [1.807, 2.05) is 28.6 Å². The second-order valence-electron chi connectivity index (χ2n) is 9.22. The lowest BCUT2D eigenvalue weighted by Crippen LogP contribution is -2.38. The molecule has 6 rings (SSSR count). The Morgan fingerprint density at radius 3 is 2.76 bits per heavy atom. The third kappa shape index (κ3) is 3.43. The number of fused-ring (bicyclic) bond motifs is 2. The molecule has 2 aliphatic rings. The zero-order valence-electron chi connectivity index (χ0n) is 19.5. The number of pyridine rings is 1. The van der Waals surface area contributed by atoms with Gasteiger partial charge in [0.05, 0.1) is 34.5 Å². The zero-order chi connectivity index (χ0) is 23.2. The van der Waals surface area contributed by atoms with Crippen LogP contribution in [-0.2, 0) is 6.42 Å². The average molecular weight is 457 g/mol. The molecule has 1 unspecified atom stereocenters. The van der Waals surface area contributed by atoms with E-state index in [0.29, 0.717) is 17.2 Å². The van der Waals surface area contributed by atoms with Gasteiger partial charge in [-0.1, -0.05) is 6.07 Å². The molecule has 9 heteroatoms. The highest BCUT2D eigenvalue weighted by Crippen LogP contribution is 2.35. The van der Waals surface area contributed by atoms with E-state index in [2.05, 4.69) is 38.9 Å². The molecule has 34 heavy (non-hydrogen) atoms. The van der Waals surface area contributed by atoms with Crippen molar-refractivity contribution < 1.29 is 4.79 Å². The van der Waals surface area contributed by atoms with Gasteiger partial charge in [-0.05, 0) is 50.8 Å². The Labute approximate surface area is 197 Å². The molecular formula is C25H28N8O. The second-order valence-corrected chi connectivity index (χ2v) is 9.22. The highest BCUT2D eigenvalue weighted by Gasteiger charge is 2.35. The van der Waals surface area contributed by atoms with Crippen molar-refractivity contribution in [3.63, 3.8) is 0 Å². The quantitative estimate of drug-likeness (QED) is 0.509. The van der Waals surface area contributed by atoms with Crippen LogP contribution in [0.5, 0.6) is 0 Å². The van der Waals surface area contributed by atoms with Crippen LogP contribution < -0.4 is 4.90 Å². The Hall–Kier alpha value is -3.75. The van der Waals surface area contributed by atoms with Crippen LogP contribution in [0, 0.1) is 13.8 Å². The molecule has 1 amide bonds. The predicted molar refractivity (Wildman–Crippen MR) is 128 cm³/mol. The lowest BCUT2D eigenvalue weighted by molar-refractivity contribution is 0.0722. The molecule has 0 aromatic carbocycles. The summed E-state index contributed by atoms with van der Waals surface area (Å²) in [5.41, 5.74) is 6.49. The number of piperidine rings is 1. The number of rotatable bonds is 3. The Bertz CT molecular complexity index is 1370. The summed E-state index contributed by atoms with van der Waals surface area (Å²) in [7, 11) is 0. The maximum Gasteiger partial charge on any atom is 0.257 e. The molecule has 174 valence electrons. The molecule has 1 N–H and O–H groups in total. The van der Waals surface area contributed by atoms with Crippen LogP contribution in [0.1, 0.15) is 64.0 Å². The minimum Gasteiger partial charge on any atom is -0.348 e. The number of nitrogens with one attached hydrogen (secondary N) is 1. The number of hydrogen-bond donors (Lipinski definition) is 1. The monoisotopic (exact) mass is 456 g/mol. The maximum atomic E-state index is 13.1. The van der Waals surface area contributed by atoms with Crippen LogP contribution in [0.4, 0.5) is 5.95 Å². The van der Waals surface area contributed by atoms with Crippen molar-refractivity contribution >= 4 is 17.4 Å². The minimum atomic E-state index is -0.211. The van der Waals surface area contributed by atoms with Crippen molar-refractivity contribution in [2.24, 2.45) is 0 Å². The van der Waals surface area contributed by atoms with Crippen molar-refractivity contribution in [2.45, 2.75) is 45.6 Å². The lowest BCUT2D eigenvalue weighted by Gasteiger charge is -2.34. The summed E-state index contributed by atoms with van der Waals surface area (Å²) >= 11 is 0. The fraction of sp³-hybridized carbons (Fsp3) is 0.400. The molecule has 0 radical (unpaired) electrons. The first-order chi connectivity index (χ1) is 16.6. The lowest BCUT2D eigenvalue weighted by atomic mass is 10.00. The number of H-pyrrole nitrogens is 1. The second kappa shape index (κ2) is 8.23. The Morgan fingerprint density at radius 2 is 1.97 bits per heavy atom. The van der Waals surface area contributed by atoms with Gasteiger partial charge >= 0.3 is 0 Å². The Kier molecular flexibility index (Phi) is 5.04. The molecule has 6 heterocycles. The number of likely N-dealkylation sites (tertiary alicyclic amines) is 1. The first-order valence-electron chi connectivity index (χ1n) is 12.0. The number of amides is 1. The minimum absolute atomic E-state index is 0.0318. The summed E-state index contributed by atoms with van der Waals surface area (Å²) < 4.78 is 1.91. The van der Waals surface area contributed by atoms with E-state index in [1.54, 1.807) is 12.5 Å². The van der Waals surface area contributed by atoms with Gasteiger partial charge in [-0.25, -0.2) is 19.5 Å². The van der Waals surface area contributed by atoms with Crippen LogP contribution in [0.3, 0.4) is 0 Å². The van der Waals surface area contributed by atoms with Gasteiger partial charge in [0, 0.05) is 44.1 Å². The van der Waals surface area contributed by atoms with Crippen molar-refractivity contribution in [2.75, 3.05) is 24.5 Å². The van der Waals surface area contributed by atoms with Crippen molar-refractivity contribution in [1.82, 2.24) is 34.4 Å². The molecule has 2 aliphatic heterocycles. The van der Waals surface area contributed by atoms with Crippen LogP contribution in [0.15, 0.2) is 36.9 Å². The molecule has 9 nitrogen and oxygen atoms in total. The molecule has 1 fully saturated rings. The van der Waals surface area contributed by atoms with Crippen LogP contribution >= 0.6 is 0 Å². The van der Waals surface area contributed by atoms with Crippen molar-refractivity contribution in [3.8, 4) is 0 Å². The van der Waals surface area contributed by atoms with Gasteiger partial charge < -0.3 is 14.8 Å². The third-order valence-corrected chi connectivity index (χ3v) is 7.03. The number of hydrogen-bond acceptors (Lipinski definition) is 6. The maximum absolute atomic E-state index is 13.1. The SMILES string of the molecule is Cc1nc(N2CCc3[nH]cnc3C2c2cc3c(C)cccn3n2)ncc1C(=O)N1CCCCC1. The topological polar surface area (TPSA) is 95.3 Å². The molecule has 4 aromatic heterocycles. The van der Waals surface area contributed by atoms with E-state index in [0.717, 1.165) is 61.5 Å².